The van der Waals surface area contributed by atoms with Gasteiger partial charge < -0.3 is 9.84 Å². The maximum atomic E-state index is 11.6. The van der Waals surface area contributed by atoms with Gasteiger partial charge in [0.05, 0.1) is 29.6 Å². The monoisotopic (exact) mass is 352 g/mol. The number of carboxylic acid groups (broad SMARTS) is 1. The quantitative estimate of drug-likeness (QED) is 0.519. The number of ether oxygens (including phenoxy) is 1. The van der Waals surface area contributed by atoms with Crippen molar-refractivity contribution in [3.63, 3.8) is 0 Å². The van der Waals surface area contributed by atoms with Crippen LogP contribution in [0.5, 0.6) is 5.75 Å². The van der Waals surface area contributed by atoms with Gasteiger partial charge in [0, 0.05) is 0 Å². The molecule has 2 aromatic carbocycles. The fourth-order valence-corrected chi connectivity index (χ4v) is 3.08. The molecule has 1 unspecified atom stereocenters. The molecule has 134 valence electrons. The second kappa shape index (κ2) is 7.37. The SMILES string of the molecule is CCC(c1ccccc1)N(N)c1ncnc2c(C(=O)O)ccc(OC)c12. The smallest absolute Gasteiger partial charge is 0.337 e. The molecule has 0 saturated carbocycles. The van der Waals surface area contributed by atoms with E-state index in [0.717, 1.165) is 12.0 Å². The van der Waals surface area contributed by atoms with Gasteiger partial charge in [-0.1, -0.05) is 37.3 Å². The molecule has 3 N–H and O–H groups in total. The van der Waals surface area contributed by atoms with Crippen LogP contribution in [0.3, 0.4) is 0 Å². The zero-order valence-electron chi connectivity index (χ0n) is 14.6. The zero-order chi connectivity index (χ0) is 18.7. The van der Waals surface area contributed by atoms with E-state index in [1.165, 1.54) is 19.5 Å². The lowest BCUT2D eigenvalue weighted by atomic mass is 10.0. The molecular formula is C19H20N4O3. The Morgan fingerprint density at radius 3 is 2.58 bits per heavy atom. The number of aromatic nitrogens is 2. The molecule has 0 aliphatic rings. The van der Waals surface area contributed by atoms with E-state index in [1.54, 1.807) is 11.1 Å². The van der Waals surface area contributed by atoms with Gasteiger partial charge in [-0.25, -0.2) is 20.6 Å². The van der Waals surface area contributed by atoms with Crippen molar-refractivity contribution in [2.45, 2.75) is 19.4 Å². The Kier molecular flexibility index (Phi) is 4.99. The first-order valence-corrected chi connectivity index (χ1v) is 8.22. The molecule has 3 rings (SSSR count). The Morgan fingerprint density at radius 1 is 1.23 bits per heavy atom. The molecule has 0 amide bonds. The molecule has 0 fully saturated rings. The third kappa shape index (κ3) is 3.04. The lowest BCUT2D eigenvalue weighted by Gasteiger charge is -2.29. The Hall–Kier alpha value is -3.19. The molecule has 7 heteroatoms. The van der Waals surface area contributed by atoms with Crippen molar-refractivity contribution in [3.8, 4) is 5.75 Å². The third-order valence-corrected chi connectivity index (χ3v) is 4.33. The van der Waals surface area contributed by atoms with Crippen LogP contribution in [0.4, 0.5) is 5.82 Å². The number of fused-ring (bicyclic) bond motifs is 1. The van der Waals surface area contributed by atoms with Crippen molar-refractivity contribution < 1.29 is 14.6 Å². The number of nitrogens with two attached hydrogens (primary N) is 1. The van der Waals surface area contributed by atoms with Crippen LogP contribution >= 0.6 is 0 Å². The number of carbonyl (C=O) groups is 1. The summed E-state index contributed by atoms with van der Waals surface area (Å²) < 4.78 is 5.42. The minimum absolute atomic E-state index is 0.0746. The average molecular weight is 352 g/mol. The van der Waals surface area contributed by atoms with Gasteiger partial charge in [-0.3, -0.25) is 5.01 Å². The van der Waals surface area contributed by atoms with E-state index >= 15 is 0 Å². The number of benzene rings is 2. The van der Waals surface area contributed by atoms with Crippen molar-refractivity contribution in [2.75, 3.05) is 12.1 Å². The van der Waals surface area contributed by atoms with Gasteiger partial charge in [-0.05, 0) is 24.1 Å². The molecule has 0 aliphatic carbocycles. The summed E-state index contributed by atoms with van der Waals surface area (Å²) in [4.78, 5) is 20.0. The number of aromatic carboxylic acids is 1. The minimum atomic E-state index is -1.07. The topological polar surface area (TPSA) is 102 Å². The second-order valence-electron chi connectivity index (χ2n) is 5.78. The molecule has 1 aromatic heterocycles. The summed E-state index contributed by atoms with van der Waals surface area (Å²) >= 11 is 0. The van der Waals surface area contributed by atoms with Crippen LogP contribution in [0, 0.1) is 0 Å². The van der Waals surface area contributed by atoms with Crippen LogP contribution in [0.25, 0.3) is 10.9 Å². The van der Waals surface area contributed by atoms with Crippen LogP contribution in [0.2, 0.25) is 0 Å². The van der Waals surface area contributed by atoms with Crippen molar-refractivity contribution >= 4 is 22.7 Å². The predicted molar refractivity (Wildman–Crippen MR) is 99.2 cm³/mol. The number of carboxylic acids is 1. The van der Waals surface area contributed by atoms with E-state index in [4.69, 9.17) is 10.6 Å². The van der Waals surface area contributed by atoms with Crippen molar-refractivity contribution in [2.24, 2.45) is 5.84 Å². The fraction of sp³-hybridized carbons (Fsp3) is 0.211. The largest absolute Gasteiger partial charge is 0.496 e. The highest BCUT2D eigenvalue weighted by Crippen LogP contribution is 2.36. The summed E-state index contributed by atoms with van der Waals surface area (Å²) in [6.07, 6.45) is 2.06. The summed E-state index contributed by atoms with van der Waals surface area (Å²) in [5.41, 5.74) is 1.41. The molecule has 0 saturated heterocycles. The normalized spacial score (nSPS) is 12.0. The highest BCUT2D eigenvalue weighted by atomic mass is 16.5. The van der Waals surface area contributed by atoms with Crippen LogP contribution in [0.1, 0.15) is 35.3 Å². The number of hydrazine groups is 1. The maximum Gasteiger partial charge on any atom is 0.337 e. The van der Waals surface area contributed by atoms with Crippen molar-refractivity contribution in [3.05, 3.63) is 59.9 Å². The van der Waals surface area contributed by atoms with Gasteiger partial charge in [-0.2, -0.15) is 0 Å². The highest BCUT2D eigenvalue weighted by Gasteiger charge is 2.23. The molecule has 0 bridgehead atoms. The number of hydrogen-bond donors (Lipinski definition) is 2. The Bertz CT molecular complexity index is 931. The Balaban J connectivity index is 2.21. The number of rotatable bonds is 6. The highest BCUT2D eigenvalue weighted by molar-refractivity contribution is 6.07. The standard InChI is InChI=1S/C19H20N4O3/c1-3-14(12-7-5-4-6-8-12)23(20)18-16-15(26-2)10-9-13(19(24)25)17(16)21-11-22-18/h4-11,14H,3,20H2,1-2H3,(H,24,25). The summed E-state index contributed by atoms with van der Waals surface area (Å²) in [5.74, 6) is 6.26. The van der Waals surface area contributed by atoms with Gasteiger partial charge >= 0.3 is 5.97 Å². The first-order chi connectivity index (χ1) is 12.6. The second-order valence-corrected chi connectivity index (χ2v) is 5.78. The predicted octanol–water partition coefficient (Wildman–Crippen LogP) is 3.17. The molecule has 7 nitrogen and oxygen atoms in total. The lowest BCUT2D eigenvalue weighted by molar-refractivity contribution is 0.0699. The molecule has 0 spiro atoms. The van der Waals surface area contributed by atoms with Crippen molar-refractivity contribution in [1.82, 2.24) is 9.97 Å². The Labute approximate surface area is 151 Å². The molecule has 1 heterocycles. The van der Waals surface area contributed by atoms with Crippen LogP contribution < -0.4 is 15.6 Å². The number of methoxy groups -OCH3 is 1. The summed E-state index contributed by atoms with van der Waals surface area (Å²) in [7, 11) is 1.52. The number of anilines is 1. The average Bonchev–Trinajstić information content (AvgIpc) is 2.67. The van der Waals surface area contributed by atoms with Crippen LogP contribution in [0.15, 0.2) is 48.8 Å². The summed E-state index contributed by atoms with van der Waals surface area (Å²) in [6.45, 7) is 2.03. The Morgan fingerprint density at radius 2 is 1.96 bits per heavy atom. The zero-order valence-corrected chi connectivity index (χ0v) is 14.6. The molecule has 0 radical (unpaired) electrons. The minimum Gasteiger partial charge on any atom is -0.496 e. The van der Waals surface area contributed by atoms with Gasteiger partial charge in [0.25, 0.3) is 0 Å². The van der Waals surface area contributed by atoms with E-state index in [2.05, 4.69) is 9.97 Å². The van der Waals surface area contributed by atoms with E-state index in [0.29, 0.717) is 22.5 Å². The lowest BCUT2D eigenvalue weighted by Crippen LogP contribution is -2.36. The van der Waals surface area contributed by atoms with Gasteiger partial charge in [0.15, 0.2) is 5.82 Å². The van der Waals surface area contributed by atoms with E-state index in [9.17, 15) is 9.90 Å². The molecule has 0 aliphatic heterocycles. The van der Waals surface area contributed by atoms with Gasteiger partial charge in [-0.15, -0.1) is 0 Å². The van der Waals surface area contributed by atoms with Crippen LogP contribution in [-0.2, 0) is 0 Å². The molecule has 1 atom stereocenters. The first kappa shape index (κ1) is 17.6. The van der Waals surface area contributed by atoms with Crippen molar-refractivity contribution in [1.29, 1.82) is 0 Å². The van der Waals surface area contributed by atoms with Crippen LogP contribution in [-0.4, -0.2) is 28.2 Å². The fourth-order valence-electron chi connectivity index (χ4n) is 3.08. The van der Waals surface area contributed by atoms with E-state index < -0.39 is 5.97 Å². The van der Waals surface area contributed by atoms with Gasteiger partial charge in [0.1, 0.15) is 12.1 Å². The van der Waals surface area contributed by atoms with Gasteiger partial charge in [0.2, 0.25) is 0 Å². The molecule has 3 aromatic rings. The van der Waals surface area contributed by atoms with E-state index in [1.807, 2.05) is 37.3 Å². The molecule has 26 heavy (non-hydrogen) atoms. The number of nitrogens with zero attached hydrogens (tertiary/aromatic N) is 3. The van der Waals surface area contributed by atoms with E-state index in [-0.39, 0.29) is 11.6 Å². The summed E-state index contributed by atoms with van der Waals surface area (Å²) in [5, 5.41) is 11.5. The maximum absolute atomic E-state index is 11.6. The first-order valence-electron chi connectivity index (χ1n) is 8.22. The summed E-state index contributed by atoms with van der Waals surface area (Å²) in [6, 6.07) is 12.8. The molecular weight excluding hydrogens is 332 g/mol. The number of hydrogen-bond acceptors (Lipinski definition) is 6. The third-order valence-electron chi connectivity index (χ3n) is 4.33.